The number of sulfonamides is 1. The number of benzene rings is 2. The molecule has 0 aliphatic rings. The number of aryl methyl sites for hydroxylation is 1. The lowest BCUT2D eigenvalue weighted by Gasteiger charge is -2.11. The van der Waals surface area contributed by atoms with Gasteiger partial charge in [0, 0.05) is 17.3 Å². The number of nitrogens with one attached hydrogen (secondary N) is 3. The van der Waals surface area contributed by atoms with Crippen molar-refractivity contribution < 1.29 is 13.2 Å². The zero-order chi connectivity index (χ0) is 20.9. The lowest BCUT2D eigenvalue weighted by Crippen LogP contribution is -2.35. The Bertz CT molecular complexity index is 1110. The van der Waals surface area contributed by atoms with Gasteiger partial charge < -0.3 is 10.6 Å². The first kappa shape index (κ1) is 20.9. The normalized spacial score (nSPS) is 10.9. The summed E-state index contributed by atoms with van der Waals surface area (Å²) >= 11 is 6.36. The second-order valence-electron chi connectivity index (χ2n) is 6.07. The fourth-order valence-corrected chi connectivity index (χ4v) is 4.50. The van der Waals surface area contributed by atoms with Crippen LogP contribution in [0.2, 0.25) is 0 Å². The van der Waals surface area contributed by atoms with Crippen molar-refractivity contribution >= 4 is 55.4 Å². The Hall–Kier alpha value is -2.82. The van der Waals surface area contributed by atoms with Crippen molar-refractivity contribution in [1.82, 2.24) is 10.3 Å². The number of thiazole rings is 1. The van der Waals surface area contributed by atoms with E-state index >= 15 is 0 Å². The highest BCUT2D eigenvalue weighted by molar-refractivity contribution is 7.93. The molecule has 0 unspecified atom stereocenters. The van der Waals surface area contributed by atoms with Crippen molar-refractivity contribution in [1.29, 1.82) is 0 Å². The molecule has 3 N–H and O–H groups in total. The zero-order valence-electron chi connectivity index (χ0n) is 15.4. The van der Waals surface area contributed by atoms with Gasteiger partial charge in [-0.25, -0.2) is 13.4 Å². The molecule has 0 saturated heterocycles. The highest BCUT2D eigenvalue weighted by Crippen LogP contribution is 2.19. The molecule has 0 aliphatic heterocycles. The molecule has 0 atom stereocenters. The smallest absolute Gasteiger partial charge is 0.263 e. The van der Waals surface area contributed by atoms with Crippen LogP contribution in [0.3, 0.4) is 0 Å². The molecule has 3 rings (SSSR count). The molecule has 0 radical (unpaired) electrons. The monoisotopic (exact) mass is 446 g/mol. The summed E-state index contributed by atoms with van der Waals surface area (Å²) in [5.74, 6) is -0.233. The summed E-state index contributed by atoms with van der Waals surface area (Å²) < 4.78 is 27.1. The summed E-state index contributed by atoms with van der Waals surface area (Å²) in [5, 5.41) is 7.61. The Morgan fingerprint density at radius 2 is 1.86 bits per heavy atom. The van der Waals surface area contributed by atoms with E-state index in [1.165, 1.54) is 29.7 Å². The number of thiocarbonyl (C=S) groups is 1. The minimum Gasteiger partial charge on any atom is -0.332 e. The summed E-state index contributed by atoms with van der Waals surface area (Å²) in [7, 11) is -3.72. The third-order valence-electron chi connectivity index (χ3n) is 3.94. The second-order valence-corrected chi connectivity index (χ2v) is 9.06. The molecule has 0 spiro atoms. The number of nitrogens with zero attached hydrogens (tertiary/aromatic N) is 1. The van der Waals surface area contributed by atoms with Crippen LogP contribution in [-0.4, -0.2) is 24.4 Å². The summed E-state index contributed by atoms with van der Waals surface area (Å²) in [6.07, 6.45) is 1.73. The van der Waals surface area contributed by atoms with E-state index in [1.807, 2.05) is 31.2 Å². The first-order valence-electron chi connectivity index (χ1n) is 8.51. The van der Waals surface area contributed by atoms with Crippen LogP contribution >= 0.6 is 23.6 Å². The summed E-state index contributed by atoms with van der Waals surface area (Å²) in [4.78, 5) is 16.2. The van der Waals surface area contributed by atoms with Gasteiger partial charge in [-0.15, -0.1) is 11.3 Å². The van der Waals surface area contributed by atoms with Gasteiger partial charge in [0.05, 0.1) is 11.3 Å². The highest BCUT2D eigenvalue weighted by atomic mass is 32.2. The summed E-state index contributed by atoms with van der Waals surface area (Å²) in [6, 6.07) is 13.6. The lowest BCUT2D eigenvalue weighted by molar-refractivity contribution is -0.119. The van der Waals surface area contributed by atoms with E-state index in [4.69, 9.17) is 12.2 Å². The van der Waals surface area contributed by atoms with Crippen LogP contribution in [0.15, 0.2) is 65.0 Å². The van der Waals surface area contributed by atoms with Crippen LogP contribution in [0.4, 0.5) is 10.8 Å². The van der Waals surface area contributed by atoms with Gasteiger partial charge in [0.2, 0.25) is 5.91 Å². The maximum atomic E-state index is 12.3. The van der Waals surface area contributed by atoms with E-state index in [0.29, 0.717) is 10.8 Å². The second kappa shape index (κ2) is 9.12. The number of hydrogen-bond donors (Lipinski definition) is 3. The van der Waals surface area contributed by atoms with Gasteiger partial charge in [0.15, 0.2) is 10.2 Å². The standard InChI is InChI=1S/C19H18N4O3S3/c1-13-4-2-3-5-14(13)12-17(24)22-18(27)21-15-6-8-16(9-7-15)29(25,26)23-19-20-10-11-28-19/h2-11H,12H2,1H3,(H,20,23)(H2,21,22,24,27). The van der Waals surface area contributed by atoms with Gasteiger partial charge in [-0.1, -0.05) is 24.3 Å². The van der Waals surface area contributed by atoms with E-state index < -0.39 is 10.0 Å². The molecular weight excluding hydrogens is 428 g/mol. The average molecular weight is 447 g/mol. The predicted octanol–water partition coefficient (Wildman–Crippen LogP) is 3.31. The minimum absolute atomic E-state index is 0.0905. The number of rotatable bonds is 6. The fraction of sp³-hybridized carbons (Fsp3) is 0.105. The maximum absolute atomic E-state index is 12.3. The van der Waals surface area contributed by atoms with E-state index in [2.05, 4.69) is 20.3 Å². The Balaban J connectivity index is 1.57. The van der Waals surface area contributed by atoms with Gasteiger partial charge in [-0.2, -0.15) is 0 Å². The van der Waals surface area contributed by atoms with Crippen molar-refractivity contribution in [2.45, 2.75) is 18.2 Å². The number of amides is 1. The number of carbonyl (C=O) groups excluding carboxylic acids is 1. The van der Waals surface area contributed by atoms with E-state index in [1.54, 1.807) is 17.5 Å². The van der Waals surface area contributed by atoms with Crippen LogP contribution in [0.25, 0.3) is 0 Å². The van der Waals surface area contributed by atoms with E-state index in [0.717, 1.165) is 11.1 Å². The number of hydrogen-bond acceptors (Lipinski definition) is 6. The molecule has 1 amide bonds. The first-order chi connectivity index (χ1) is 13.8. The predicted molar refractivity (Wildman–Crippen MR) is 119 cm³/mol. The molecular formula is C19H18N4O3S3. The molecule has 3 aromatic rings. The van der Waals surface area contributed by atoms with Crippen LogP contribution in [-0.2, 0) is 21.2 Å². The quantitative estimate of drug-likeness (QED) is 0.503. The average Bonchev–Trinajstić information content (AvgIpc) is 3.16. The van der Waals surface area contributed by atoms with Crippen LogP contribution < -0.4 is 15.4 Å². The van der Waals surface area contributed by atoms with Crippen LogP contribution in [0.5, 0.6) is 0 Å². The summed E-state index contributed by atoms with van der Waals surface area (Å²) in [5.41, 5.74) is 2.51. The van der Waals surface area contributed by atoms with Crippen LogP contribution in [0, 0.1) is 6.92 Å². The number of anilines is 2. The molecule has 0 fully saturated rings. The fourth-order valence-electron chi connectivity index (χ4n) is 2.48. The van der Waals surface area contributed by atoms with Crippen molar-refractivity contribution in [2.75, 3.05) is 10.0 Å². The minimum atomic E-state index is -3.72. The number of carbonyl (C=O) groups is 1. The topological polar surface area (TPSA) is 100 Å². The molecule has 7 nitrogen and oxygen atoms in total. The van der Waals surface area contributed by atoms with Crippen molar-refractivity contribution in [2.24, 2.45) is 0 Å². The van der Waals surface area contributed by atoms with Crippen molar-refractivity contribution in [3.05, 3.63) is 71.2 Å². The first-order valence-corrected chi connectivity index (χ1v) is 11.3. The van der Waals surface area contributed by atoms with Crippen molar-refractivity contribution in [3.63, 3.8) is 0 Å². The van der Waals surface area contributed by atoms with E-state index in [-0.39, 0.29) is 22.3 Å². The van der Waals surface area contributed by atoms with Gasteiger partial charge >= 0.3 is 0 Å². The number of aromatic nitrogens is 1. The van der Waals surface area contributed by atoms with E-state index in [9.17, 15) is 13.2 Å². The molecule has 10 heteroatoms. The van der Waals surface area contributed by atoms with Crippen LogP contribution in [0.1, 0.15) is 11.1 Å². The Morgan fingerprint density at radius 3 is 2.52 bits per heavy atom. The SMILES string of the molecule is Cc1ccccc1CC(=O)NC(=S)Nc1ccc(S(=O)(=O)Nc2nccs2)cc1. The highest BCUT2D eigenvalue weighted by Gasteiger charge is 2.15. The largest absolute Gasteiger partial charge is 0.332 e. The lowest BCUT2D eigenvalue weighted by atomic mass is 10.1. The van der Waals surface area contributed by atoms with Gasteiger partial charge in [0.1, 0.15) is 0 Å². The third kappa shape index (κ3) is 5.83. The molecule has 0 aliphatic carbocycles. The molecule has 1 aromatic heterocycles. The Labute approximate surface area is 178 Å². The van der Waals surface area contributed by atoms with Crippen molar-refractivity contribution in [3.8, 4) is 0 Å². The summed E-state index contributed by atoms with van der Waals surface area (Å²) in [6.45, 7) is 1.94. The van der Waals surface area contributed by atoms with Gasteiger partial charge in [-0.3, -0.25) is 9.52 Å². The van der Waals surface area contributed by atoms with Gasteiger partial charge in [-0.05, 0) is 54.5 Å². The molecule has 1 heterocycles. The molecule has 2 aromatic carbocycles. The zero-order valence-corrected chi connectivity index (χ0v) is 17.8. The third-order valence-corrected chi connectivity index (χ3v) is 6.32. The molecule has 0 bridgehead atoms. The molecule has 150 valence electrons. The Kier molecular flexibility index (Phi) is 6.57. The molecule has 29 heavy (non-hydrogen) atoms. The van der Waals surface area contributed by atoms with Gasteiger partial charge in [0.25, 0.3) is 10.0 Å². The molecule has 0 saturated carbocycles. The maximum Gasteiger partial charge on any atom is 0.263 e. The Morgan fingerprint density at radius 1 is 1.14 bits per heavy atom.